The van der Waals surface area contributed by atoms with E-state index in [0.29, 0.717) is 10.2 Å². The Morgan fingerprint density at radius 1 is 1.29 bits per heavy atom. The number of benzene rings is 1. The van der Waals surface area contributed by atoms with Crippen LogP contribution in [-0.2, 0) is 10.0 Å². The number of nitrogens with two attached hydrogens (primary N) is 1. The predicted octanol–water partition coefficient (Wildman–Crippen LogP) is 3.75. The molecular weight excluding hydrogens is 372 g/mol. The fraction of sp³-hybridized carbons (Fsp3) is 0.286. The van der Waals surface area contributed by atoms with E-state index in [4.69, 9.17) is 5.73 Å². The molecule has 21 heavy (non-hydrogen) atoms. The van der Waals surface area contributed by atoms with Crippen LogP contribution in [0.1, 0.15) is 28.3 Å². The summed E-state index contributed by atoms with van der Waals surface area (Å²) in [6.07, 6.45) is 0. The zero-order valence-electron chi connectivity index (χ0n) is 12.0. The van der Waals surface area contributed by atoms with E-state index in [1.54, 1.807) is 23.5 Å². The van der Waals surface area contributed by atoms with Gasteiger partial charge < -0.3 is 5.73 Å². The summed E-state index contributed by atoms with van der Waals surface area (Å²) in [5, 5.41) is 0. The lowest BCUT2D eigenvalue weighted by molar-refractivity contribution is 0.566. The van der Waals surface area contributed by atoms with Crippen LogP contribution >= 0.6 is 27.3 Å². The first kappa shape index (κ1) is 16.5. The van der Waals surface area contributed by atoms with Gasteiger partial charge >= 0.3 is 0 Å². The lowest BCUT2D eigenvalue weighted by atomic mass is 10.1. The van der Waals surface area contributed by atoms with Gasteiger partial charge in [0.05, 0.1) is 4.90 Å². The van der Waals surface area contributed by atoms with Gasteiger partial charge in [0.1, 0.15) is 0 Å². The fourth-order valence-electron chi connectivity index (χ4n) is 2.18. The molecule has 1 aromatic heterocycles. The molecule has 0 bridgehead atoms. The fourth-order valence-corrected chi connectivity index (χ4v) is 5.52. The molecule has 0 amide bonds. The van der Waals surface area contributed by atoms with E-state index in [0.717, 1.165) is 10.4 Å². The molecule has 2 rings (SSSR count). The van der Waals surface area contributed by atoms with E-state index in [9.17, 15) is 8.42 Å². The van der Waals surface area contributed by atoms with Crippen LogP contribution in [0.3, 0.4) is 0 Å². The van der Waals surface area contributed by atoms with Crippen molar-refractivity contribution >= 4 is 43.0 Å². The van der Waals surface area contributed by atoms with Gasteiger partial charge in [0, 0.05) is 26.0 Å². The first-order chi connectivity index (χ1) is 9.70. The van der Waals surface area contributed by atoms with Gasteiger partial charge in [-0.25, -0.2) is 13.1 Å². The van der Waals surface area contributed by atoms with E-state index in [1.165, 1.54) is 10.9 Å². The first-order valence-corrected chi connectivity index (χ1v) is 9.44. The summed E-state index contributed by atoms with van der Waals surface area (Å²) in [6, 6.07) is 6.39. The highest BCUT2D eigenvalue weighted by atomic mass is 79.9. The Morgan fingerprint density at radius 3 is 2.48 bits per heavy atom. The number of thiophene rings is 1. The highest BCUT2D eigenvalue weighted by Gasteiger charge is 2.22. The standard InChI is InChI=1S/C14H17BrN2O2S2/c1-8-6-12(10(3)20-8)9(2)17-21(18,19)14-5-4-11(16)7-13(14)15/h4-7,9,17H,16H2,1-3H3. The van der Waals surface area contributed by atoms with Crippen LogP contribution in [0.15, 0.2) is 33.6 Å². The molecule has 0 radical (unpaired) electrons. The number of anilines is 1. The van der Waals surface area contributed by atoms with Gasteiger partial charge in [0.25, 0.3) is 0 Å². The quantitative estimate of drug-likeness (QED) is 0.783. The zero-order chi connectivity index (χ0) is 15.8. The van der Waals surface area contributed by atoms with Crippen LogP contribution in [0.5, 0.6) is 0 Å². The number of rotatable bonds is 4. The Labute approximate surface area is 137 Å². The number of halogens is 1. The van der Waals surface area contributed by atoms with Crippen molar-refractivity contribution in [3.05, 3.63) is 44.1 Å². The molecule has 0 fully saturated rings. The average molecular weight is 389 g/mol. The first-order valence-electron chi connectivity index (χ1n) is 6.35. The highest BCUT2D eigenvalue weighted by molar-refractivity contribution is 9.10. The highest BCUT2D eigenvalue weighted by Crippen LogP contribution is 2.29. The number of nitrogens with one attached hydrogen (secondary N) is 1. The van der Waals surface area contributed by atoms with Crippen LogP contribution in [0.2, 0.25) is 0 Å². The van der Waals surface area contributed by atoms with Gasteiger partial charge in [0.2, 0.25) is 10.0 Å². The van der Waals surface area contributed by atoms with Gasteiger partial charge in [0.15, 0.2) is 0 Å². The number of sulfonamides is 1. The molecule has 1 aromatic carbocycles. The minimum atomic E-state index is -3.61. The molecule has 0 aliphatic carbocycles. The maximum Gasteiger partial charge on any atom is 0.242 e. The molecule has 4 nitrogen and oxygen atoms in total. The zero-order valence-corrected chi connectivity index (χ0v) is 15.2. The minimum Gasteiger partial charge on any atom is -0.399 e. The van der Waals surface area contributed by atoms with Crippen molar-refractivity contribution in [3.63, 3.8) is 0 Å². The summed E-state index contributed by atoms with van der Waals surface area (Å²) < 4.78 is 28.1. The van der Waals surface area contributed by atoms with Gasteiger partial charge in [-0.15, -0.1) is 11.3 Å². The van der Waals surface area contributed by atoms with E-state index in [-0.39, 0.29) is 10.9 Å². The summed E-state index contributed by atoms with van der Waals surface area (Å²) in [5.74, 6) is 0. The predicted molar refractivity (Wildman–Crippen MR) is 91.1 cm³/mol. The molecule has 1 atom stereocenters. The third-order valence-corrected chi connectivity index (χ3v) is 6.62. The Hall–Kier alpha value is -0.890. The molecule has 2 aromatic rings. The molecular formula is C14H17BrN2O2S2. The van der Waals surface area contributed by atoms with Crippen molar-refractivity contribution in [1.82, 2.24) is 4.72 Å². The molecule has 0 saturated heterocycles. The average Bonchev–Trinajstić information content (AvgIpc) is 2.67. The topological polar surface area (TPSA) is 72.2 Å². The molecule has 7 heteroatoms. The van der Waals surface area contributed by atoms with Crippen LogP contribution in [0.25, 0.3) is 0 Å². The SMILES string of the molecule is Cc1cc(C(C)NS(=O)(=O)c2ccc(N)cc2Br)c(C)s1. The van der Waals surface area contributed by atoms with E-state index >= 15 is 0 Å². The summed E-state index contributed by atoms with van der Waals surface area (Å²) in [5.41, 5.74) is 7.16. The van der Waals surface area contributed by atoms with Gasteiger partial charge in [-0.1, -0.05) is 0 Å². The Morgan fingerprint density at radius 2 is 1.95 bits per heavy atom. The largest absolute Gasteiger partial charge is 0.399 e. The summed E-state index contributed by atoms with van der Waals surface area (Å²) >= 11 is 4.91. The second kappa shape index (κ2) is 6.08. The van der Waals surface area contributed by atoms with E-state index < -0.39 is 10.0 Å². The molecule has 1 heterocycles. The molecule has 0 saturated carbocycles. The number of hydrogen-bond donors (Lipinski definition) is 2. The van der Waals surface area contributed by atoms with Gasteiger partial charge in [-0.2, -0.15) is 0 Å². The maximum absolute atomic E-state index is 12.5. The second-order valence-electron chi connectivity index (χ2n) is 4.90. The summed E-state index contributed by atoms with van der Waals surface area (Å²) in [4.78, 5) is 2.48. The second-order valence-corrected chi connectivity index (χ2v) is 8.90. The third-order valence-electron chi connectivity index (χ3n) is 3.12. The molecule has 0 aliphatic heterocycles. The van der Waals surface area contributed by atoms with Crippen molar-refractivity contribution in [2.75, 3.05) is 5.73 Å². The van der Waals surface area contributed by atoms with Crippen molar-refractivity contribution in [2.45, 2.75) is 31.7 Å². The lowest BCUT2D eigenvalue weighted by Crippen LogP contribution is -2.27. The number of nitrogen functional groups attached to an aromatic ring is 1. The summed E-state index contributed by atoms with van der Waals surface area (Å²) in [6.45, 7) is 5.85. The third kappa shape index (κ3) is 3.66. The maximum atomic E-state index is 12.5. The van der Waals surface area contributed by atoms with Crippen molar-refractivity contribution in [2.24, 2.45) is 0 Å². The van der Waals surface area contributed by atoms with Crippen LogP contribution < -0.4 is 10.5 Å². The van der Waals surface area contributed by atoms with Crippen LogP contribution in [0, 0.1) is 13.8 Å². The van der Waals surface area contributed by atoms with Gasteiger partial charge in [-0.05, 0) is 66.5 Å². The minimum absolute atomic E-state index is 0.188. The van der Waals surface area contributed by atoms with Crippen molar-refractivity contribution < 1.29 is 8.42 Å². The normalized spacial score (nSPS) is 13.3. The lowest BCUT2D eigenvalue weighted by Gasteiger charge is -2.15. The van der Waals surface area contributed by atoms with E-state index in [2.05, 4.69) is 20.7 Å². The van der Waals surface area contributed by atoms with Crippen LogP contribution in [0.4, 0.5) is 5.69 Å². The molecule has 0 aliphatic rings. The van der Waals surface area contributed by atoms with Crippen molar-refractivity contribution in [1.29, 1.82) is 0 Å². The smallest absolute Gasteiger partial charge is 0.242 e. The van der Waals surface area contributed by atoms with Crippen molar-refractivity contribution in [3.8, 4) is 0 Å². The number of aryl methyl sites for hydroxylation is 2. The number of hydrogen-bond acceptors (Lipinski definition) is 4. The Kier molecular flexibility index (Phi) is 4.77. The van der Waals surface area contributed by atoms with E-state index in [1.807, 2.05) is 26.8 Å². The monoisotopic (exact) mass is 388 g/mol. The summed E-state index contributed by atoms with van der Waals surface area (Å²) in [7, 11) is -3.61. The Bertz CT molecular complexity index is 769. The van der Waals surface area contributed by atoms with Gasteiger partial charge in [-0.3, -0.25) is 0 Å². The molecule has 0 spiro atoms. The molecule has 114 valence electrons. The van der Waals surface area contributed by atoms with Crippen LogP contribution in [-0.4, -0.2) is 8.42 Å². The molecule has 1 unspecified atom stereocenters. The Balaban J connectivity index is 2.31. The molecule has 3 N–H and O–H groups in total.